The molecule has 0 aliphatic rings. The van der Waals surface area contributed by atoms with Crippen molar-refractivity contribution < 1.29 is 4.79 Å². The molecule has 0 aromatic carbocycles. The van der Waals surface area contributed by atoms with Crippen molar-refractivity contribution in [2.75, 3.05) is 0 Å². The Kier molecular flexibility index (Phi) is 3.80. The second kappa shape index (κ2) is 4.93. The van der Waals surface area contributed by atoms with Gasteiger partial charge in [-0.1, -0.05) is 13.0 Å². The van der Waals surface area contributed by atoms with E-state index in [4.69, 9.17) is 0 Å². The van der Waals surface area contributed by atoms with Crippen LogP contribution in [-0.4, -0.2) is 5.91 Å². The lowest BCUT2D eigenvalue weighted by Crippen LogP contribution is -2.21. The molecule has 0 atom stereocenters. The summed E-state index contributed by atoms with van der Waals surface area (Å²) in [5.74, 6) is 0.144. The quantitative estimate of drug-likeness (QED) is 0.761. The van der Waals surface area contributed by atoms with Gasteiger partial charge in [-0.3, -0.25) is 4.79 Å². The smallest absolute Gasteiger partial charge is 0.220 e. The Labute approximate surface area is 76.6 Å². The number of thiophene rings is 1. The Hall–Kier alpha value is -0.830. The zero-order chi connectivity index (χ0) is 8.81. The first-order valence-electron chi connectivity index (χ1n) is 4.12. The molecule has 1 aromatic rings. The minimum atomic E-state index is 0.144. The number of carbonyl (C=O) groups is 1. The molecule has 1 N–H and O–H groups in total. The summed E-state index contributed by atoms with van der Waals surface area (Å²) < 4.78 is 0. The lowest BCUT2D eigenvalue weighted by molar-refractivity contribution is -0.121. The highest BCUT2D eigenvalue weighted by atomic mass is 32.1. The van der Waals surface area contributed by atoms with Crippen LogP contribution in [0.4, 0.5) is 0 Å². The highest BCUT2D eigenvalue weighted by molar-refractivity contribution is 7.09. The zero-order valence-corrected chi connectivity index (χ0v) is 7.99. The fourth-order valence-electron chi connectivity index (χ4n) is 0.914. The average Bonchev–Trinajstić information content (AvgIpc) is 2.53. The normalized spacial score (nSPS) is 9.75. The predicted octanol–water partition coefficient (Wildman–Crippen LogP) is 2.16. The Morgan fingerprint density at radius 3 is 3.08 bits per heavy atom. The van der Waals surface area contributed by atoms with E-state index in [-0.39, 0.29) is 5.91 Å². The Morgan fingerprint density at radius 2 is 2.50 bits per heavy atom. The molecule has 0 fully saturated rings. The van der Waals surface area contributed by atoms with Gasteiger partial charge in [-0.15, -0.1) is 11.3 Å². The van der Waals surface area contributed by atoms with E-state index in [1.54, 1.807) is 11.3 Å². The summed E-state index contributed by atoms with van der Waals surface area (Å²) in [6.07, 6.45) is 1.54. The van der Waals surface area contributed by atoms with Crippen LogP contribution in [-0.2, 0) is 11.3 Å². The maximum absolute atomic E-state index is 11.0. The molecule has 0 saturated heterocycles. The maximum Gasteiger partial charge on any atom is 0.220 e. The summed E-state index contributed by atoms with van der Waals surface area (Å²) in [6, 6.07) is 4.02. The van der Waals surface area contributed by atoms with Crippen LogP contribution < -0.4 is 5.32 Å². The van der Waals surface area contributed by atoms with Gasteiger partial charge in [0.2, 0.25) is 5.91 Å². The highest BCUT2D eigenvalue weighted by Gasteiger charge is 1.98. The summed E-state index contributed by atoms with van der Waals surface area (Å²) >= 11 is 1.67. The van der Waals surface area contributed by atoms with Crippen LogP contribution in [0.1, 0.15) is 24.6 Å². The van der Waals surface area contributed by atoms with Gasteiger partial charge in [-0.05, 0) is 17.9 Å². The van der Waals surface area contributed by atoms with E-state index in [1.165, 1.54) is 4.88 Å². The molecule has 0 bridgehead atoms. The zero-order valence-electron chi connectivity index (χ0n) is 7.17. The fourth-order valence-corrected chi connectivity index (χ4v) is 1.56. The molecule has 1 aromatic heterocycles. The first kappa shape index (κ1) is 9.26. The number of rotatable bonds is 4. The van der Waals surface area contributed by atoms with Gasteiger partial charge in [0, 0.05) is 11.3 Å². The summed E-state index contributed by atoms with van der Waals surface area (Å²) in [4.78, 5) is 12.2. The molecule has 0 radical (unpaired) electrons. The van der Waals surface area contributed by atoms with Crippen LogP contribution in [0.25, 0.3) is 0 Å². The third-order valence-electron chi connectivity index (χ3n) is 1.52. The van der Waals surface area contributed by atoms with Gasteiger partial charge in [-0.25, -0.2) is 0 Å². The van der Waals surface area contributed by atoms with Gasteiger partial charge in [-0.2, -0.15) is 0 Å². The van der Waals surface area contributed by atoms with E-state index < -0.39 is 0 Å². The van der Waals surface area contributed by atoms with E-state index in [0.29, 0.717) is 13.0 Å². The van der Waals surface area contributed by atoms with E-state index >= 15 is 0 Å². The van der Waals surface area contributed by atoms with E-state index in [9.17, 15) is 4.79 Å². The van der Waals surface area contributed by atoms with Crippen molar-refractivity contribution in [2.24, 2.45) is 0 Å². The monoisotopic (exact) mass is 183 g/mol. The van der Waals surface area contributed by atoms with Crippen LogP contribution in [0.3, 0.4) is 0 Å². The molecular weight excluding hydrogens is 170 g/mol. The van der Waals surface area contributed by atoms with Gasteiger partial charge >= 0.3 is 0 Å². The average molecular weight is 183 g/mol. The SMILES string of the molecule is CCCC(=O)NCc1cccs1. The molecule has 0 aliphatic heterocycles. The topological polar surface area (TPSA) is 29.1 Å². The molecular formula is C9H13NOS. The number of nitrogens with one attached hydrogen (secondary N) is 1. The molecule has 3 heteroatoms. The third-order valence-corrected chi connectivity index (χ3v) is 2.39. The molecule has 0 aliphatic carbocycles. The Morgan fingerprint density at radius 1 is 1.67 bits per heavy atom. The van der Waals surface area contributed by atoms with Crippen LogP contribution in [0, 0.1) is 0 Å². The second-order valence-electron chi connectivity index (χ2n) is 2.61. The summed E-state index contributed by atoms with van der Waals surface area (Å²) in [7, 11) is 0. The number of carbonyl (C=O) groups excluding carboxylic acids is 1. The van der Waals surface area contributed by atoms with Gasteiger partial charge < -0.3 is 5.32 Å². The Balaban J connectivity index is 2.22. The summed E-state index contributed by atoms with van der Waals surface area (Å²) in [5.41, 5.74) is 0. The first-order valence-corrected chi connectivity index (χ1v) is 5.00. The largest absolute Gasteiger partial charge is 0.351 e. The van der Waals surface area contributed by atoms with Crippen LogP contribution in [0.5, 0.6) is 0 Å². The molecule has 0 saturated carbocycles. The van der Waals surface area contributed by atoms with Crippen molar-refractivity contribution in [1.29, 1.82) is 0 Å². The molecule has 1 heterocycles. The van der Waals surface area contributed by atoms with E-state index in [1.807, 2.05) is 24.4 Å². The van der Waals surface area contributed by atoms with Gasteiger partial charge in [0.05, 0.1) is 6.54 Å². The standard InChI is InChI=1S/C9H13NOS/c1-2-4-9(11)10-7-8-5-3-6-12-8/h3,5-6H,2,4,7H2,1H3,(H,10,11). The fraction of sp³-hybridized carbons (Fsp3) is 0.444. The summed E-state index contributed by atoms with van der Waals surface area (Å²) in [5, 5.41) is 4.87. The molecule has 12 heavy (non-hydrogen) atoms. The Bertz CT molecular complexity index is 231. The van der Waals surface area contributed by atoms with Gasteiger partial charge in [0.1, 0.15) is 0 Å². The van der Waals surface area contributed by atoms with Crippen LogP contribution >= 0.6 is 11.3 Å². The van der Waals surface area contributed by atoms with Crippen molar-refractivity contribution >= 4 is 17.2 Å². The highest BCUT2D eigenvalue weighted by Crippen LogP contribution is 2.07. The van der Waals surface area contributed by atoms with Gasteiger partial charge in [0.25, 0.3) is 0 Å². The lowest BCUT2D eigenvalue weighted by atomic mass is 10.3. The van der Waals surface area contributed by atoms with Crippen molar-refractivity contribution in [3.63, 3.8) is 0 Å². The van der Waals surface area contributed by atoms with Crippen LogP contribution in [0.2, 0.25) is 0 Å². The third kappa shape index (κ3) is 3.05. The maximum atomic E-state index is 11.0. The molecule has 0 unspecified atom stereocenters. The number of hydrogen-bond acceptors (Lipinski definition) is 2. The van der Waals surface area contributed by atoms with E-state index in [0.717, 1.165) is 6.42 Å². The predicted molar refractivity (Wildman–Crippen MR) is 51.1 cm³/mol. The number of hydrogen-bond donors (Lipinski definition) is 1. The van der Waals surface area contributed by atoms with Crippen molar-refractivity contribution in [3.05, 3.63) is 22.4 Å². The minimum Gasteiger partial charge on any atom is -0.351 e. The molecule has 1 amide bonds. The molecule has 1 rings (SSSR count). The van der Waals surface area contributed by atoms with Gasteiger partial charge in [0.15, 0.2) is 0 Å². The van der Waals surface area contributed by atoms with E-state index in [2.05, 4.69) is 5.32 Å². The molecule has 2 nitrogen and oxygen atoms in total. The minimum absolute atomic E-state index is 0.144. The summed E-state index contributed by atoms with van der Waals surface area (Å²) in [6.45, 7) is 2.68. The first-order chi connectivity index (χ1) is 5.83. The molecule has 66 valence electrons. The lowest BCUT2D eigenvalue weighted by Gasteiger charge is -2.00. The second-order valence-corrected chi connectivity index (χ2v) is 3.64. The molecule has 0 spiro atoms. The van der Waals surface area contributed by atoms with Crippen LogP contribution in [0.15, 0.2) is 17.5 Å². The van der Waals surface area contributed by atoms with Crippen molar-refractivity contribution in [2.45, 2.75) is 26.3 Å². The van der Waals surface area contributed by atoms with Crippen molar-refractivity contribution in [1.82, 2.24) is 5.32 Å². The van der Waals surface area contributed by atoms with Crippen molar-refractivity contribution in [3.8, 4) is 0 Å². The number of amides is 1.